The van der Waals surface area contributed by atoms with Crippen molar-refractivity contribution in [3.8, 4) is 5.88 Å². The predicted octanol–water partition coefficient (Wildman–Crippen LogP) is 0.299. The van der Waals surface area contributed by atoms with Crippen LogP contribution in [0.5, 0.6) is 5.88 Å². The maximum absolute atomic E-state index is 12.3. The van der Waals surface area contributed by atoms with Gasteiger partial charge in [-0.2, -0.15) is 0 Å². The number of hydrogen-bond acceptors (Lipinski definition) is 7. The van der Waals surface area contributed by atoms with Gasteiger partial charge in [-0.3, -0.25) is 19.6 Å². The largest absolute Gasteiger partial charge is 0.479 e. The fourth-order valence-corrected chi connectivity index (χ4v) is 2.37. The number of aromatic nitrogens is 4. The van der Waals surface area contributed by atoms with Gasteiger partial charge < -0.3 is 9.64 Å². The summed E-state index contributed by atoms with van der Waals surface area (Å²) in [5.41, 5.74) is 0.298. The van der Waals surface area contributed by atoms with Crippen LogP contribution in [0, 0.1) is 6.92 Å². The number of amides is 2. The Balaban J connectivity index is 2.00. The highest BCUT2D eigenvalue weighted by atomic mass is 32.1. The van der Waals surface area contributed by atoms with Gasteiger partial charge in [0.15, 0.2) is 0 Å². The second kappa shape index (κ2) is 6.52. The first-order valence-corrected chi connectivity index (χ1v) is 7.15. The molecule has 22 heavy (non-hydrogen) atoms. The Bertz CT molecular complexity index is 695. The number of ether oxygens (including phenoxy) is 1. The van der Waals surface area contributed by atoms with E-state index in [9.17, 15) is 9.59 Å². The molecule has 2 aromatic rings. The first kappa shape index (κ1) is 15.9. The van der Waals surface area contributed by atoms with Gasteiger partial charge in [-0.05, 0) is 6.92 Å². The molecule has 0 aliphatic rings. The number of hydrogen-bond donors (Lipinski definition) is 1. The van der Waals surface area contributed by atoms with E-state index in [2.05, 4.69) is 20.6 Å². The quantitative estimate of drug-likeness (QED) is 0.848. The van der Waals surface area contributed by atoms with Gasteiger partial charge >= 0.3 is 0 Å². The first-order chi connectivity index (χ1) is 10.4. The number of likely N-dealkylation sites (N-methyl/N-ethyl adjacent to an activating group) is 1. The lowest BCUT2D eigenvalue weighted by atomic mass is 10.3. The monoisotopic (exact) mass is 324 g/mol. The van der Waals surface area contributed by atoms with Crippen LogP contribution in [0.1, 0.15) is 15.4 Å². The maximum Gasteiger partial charge on any atom is 0.261 e. The molecule has 0 aromatic carbocycles. The van der Waals surface area contributed by atoms with E-state index in [1.165, 1.54) is 35.1 Å². The minimum atomic E-state index is -0.353. The molecule has 0 aliphatic carbocycles. The van der Waals surface area contributed by atoms with Gasteiger partial charge in [-0.25, -0.2) is 0 Å². The Morgan fingerprint density at radius 1 is 1.45 bits per heavy atom. The van der Waals surface area contributed by atoms with E-state index in [1.54, 1.807) is 20.2 Å². The molecule has 2 rings (SSSR count). The molecule has 0 bridgehead atoms. The third-order valence-electron chi connectivity index (χ3n) is 2.72. The van der Waals surface area contributed by atoms with Crippen molar-refractivity contribution in [1.29, 1.82) is 0 Å². The summed E-state index contributed by atoms with van der Waals surface area (Å²) in [4.78, 5) is 25.5. The lowest BCUT2D eigenvalue weighted by Gasteiger charge is -2.15. The van der Waals surface area contributed by atoms with Gasteiger partial charge in [-0.15, -0.1) is 15.3 Å². The van der Waals surface area contributed by atoms with Gasteiger partial charge in [0.1, 0.15) is 10.6 Å². The summed E-state index contributed by atoms with van der Waals surface area (Å²) in [7, 11) is 4.65. The van der Waals surface area contributed by atoms with E-state index in [1.807, 2.05) is 0 Å². The molecular formula is C12H16N6O3S. The molecule has 0 aliphatic heterocycles. The SMILES string of the molecule is COc1nn(C)cc1C(=O)N(C)CC(=O)Nc1nnc(C)s1. The first-order valence-electron chi connectivity index (χ1n) is 6.33. The highest BCUT2D eigenvalue weighted by Crippen LogP contribution is 2.17. The summed E-state index contributed by atoms with van der Waals surface area (Å²) < 4.78 is 6.52. The molecule has 2 heterocycles. The summed E-state index contributed by atoms with van der Waals surface area (Å²) in [5, 5.41) is 15.4. The van der Waals surface area contributed by atoms with Crippen molar-refractivity contribution in [2.75, 3.05) is 26.0 Å². The van der Waals surface area contributed by atoms with Gasteiger partial charge in [-0.1, -0.05) is 11.3 Å². The minimum absolute atomic E-state index is 0.116. The molecular weight excluding hydrogens is 308 g/mol. The molecule has 0 spiro atoms. The molecule has 1 N–H and O–H groups in total. The van der Waals surface area contributed by atoms with Gasteiger partial charge in [0.2, 0.25) is 16.9 Å². The zero-order valence-electron chi connectivity index (χ0n) is 12.7. The van der Waals surface area contributed by atoms with Gasteiger partial charge in [0.25, 0.3) is 5.91 Å². The number of nitrogens with zero attached hydrogens (tertiary/aromatic N) is 5. The number of methoxy groups -OCH3 is 1. The van der Waals surface area contributed by atoms with Crippen LogP contribution in [-0.2, 0) is 11.8 Å². The van der Waals surface area contributed by atoms with Gasteiger partial charge in [0, 0.05) is 20.3 Å². The Labute approximate surface area is 130 Å². The summed E-state index contributed by atoms with van der Waals surface area (Å²) in [6.45, 7) is 1.67. The topological polar surface area (TPSA) is 102 Å². The summed E-state index contributed by atoms with van der Waals surface area (Å²) >= 11 is 1.27. The molecule has 0 saturated carbocycles. The average Bonchev–Trinajstić information content (AvgIpc) is 3.03. The number of aryl methyl sites for hydroxylation is 2. The lowest BCUT2D eigenvalue weighted by molar-refractivity contribution is -0.116. The minimum Gasteiger partial charge on any atom is -0.479 e. The second-order valence-corrected chi connectivity index (χ2v) is 5.74. The molecule has 2 aromatic heterocycles. The smallest absolute Gasteiger partial charge is 0.261 e. The number of carbonyl (C=O) groups is 2. The molecule has 0 atom stereocenters. The number of carbonyl (C=O) groups excluding carboxylic acids is 2. The van der Waals surface area contributed by atoms with E-state index in [-0.39, 0.29) is 24.2 Å². The second-order valence-electron chi connectivity index (χ2n) is 4.56. The number of nitrogens with one attached hydrogen (secondary N) is 1. The van der Waals surface area contributed by atoms with Crippen LogP contribution in [0.2, 0.25) is 0 Å². The normalized spacial score (nSPS) is 10.4. The highest BCUT2D eigenvalue weighted by molar-refractivity contribution is 7.15. The maximum atomic E-state index is 12.3. The Hall–Kier alpha value is -2.49. The molecule has 10 heteroatoms. The van der Waals surface area contributed by atoms with Crippen LogP contribution in [0.15, 0.2) is 6.20 Å². The van der Waals surface area contributed by atoms with E-state index >= 15 is 0 Å². The van der Waals surface area contributed by atoms with Crippen molar-refractivity contribution in [3.63, 3.8) is 0 Å². The third-order valence-corrected chi connectivity index (χ3v) is 3.47. The fraction of sp³-hybridized carbons (Fsp3) is 0.417. The van der Waals surface area contributed by atoms with E-state index in [4.69, 9.17) is 4.74 Å². The zero-order chi connectivity index (χ0) is 16.3. The van der Waals surface area contributed by atoms with Crippen LogP contribution in [-0.4, -0.2) is 57.4 Å². The number of rotatable bonds is 5. The molecule has 0 unspecified atom stereocenters. The molecule has 118 valence electrons. The zero-order valence-corrected chi connectivity index (χ0v) is 13.5. The van der Waals surface area contributed by atoms with Crippen molar-refractivity contribution in [2.45, 2.75) is 6.92 Å². The Morgan fingerprint density at radius 3 is 2.77 bits per heavy atom. The predicted molar refractivity (Wildman–Crippen MR) is 80.0 cm³/mol. The molecule has 2 amide bonds. The molecule has 0 fully saturated rings. The third kappa shape index (κ3) is 3.58. The van der Waals surface area contributed by atoms with E-state index < -0.39 is 0 Å². The Kier molecular flexibility index (Phi) is 4.71. The molecule has 0 radical (unpaired) electrons. The van der Waals surface area contributed by atoms with E-state index in [0.717, 1.165) is 5.01 Å². The lowest BCUT2D eigenvalue weighted by Crippen LogP contribution is -2.35. The molecule has 9 nitrogen and oxygen atoms in total. The van der Waals surface area contributed by atoms with Crippen molar-refractivity contribution in [1.82, 2.24) is 24.9 Å². The Morgan fingerprint density at radius 2 is 2.18 bits per heavy atom. The van der Waals surface area contributed by atoms with Gasteiger partial charge in [0.05, 0.1) is 13.7 Å². The van der Waals surface area contributed by atoms with Crippen LogP contribution in [0.25, 0.3) is 0 Å². The molecule has 0 saturated heterocycles. The number of anilines is 1. The highest BCUT2D eigenvalue weighted by Gasteiger charge is 2.22. The van der Waals surface area contributed by atoms with Crippen LogP contribution >= 0.6 is 11.3 Å². The average molecular weight is 324 g/mol. The van der Waals surface area contributed by atoms with Crippen molar-refractivity contribution < 1.29 is 14.3 Å². The van der Waals surface area contributed by atoms with Crippen LogP contribution in [0.3, 0.4) is 0 Å². The summed E-state index contributed by atoms with van der Waals surface area (Å²) in [6, 6.07) is 0. The van der Waals surface area contributed by atoms with Crippen molar-refractivity contribution >= 4 is 28.3 Å². The fourth-order valence-electron chi connectivity index (χ4n) is 1.76. The standard InChI is InChI=1S/C12H16N6O3S/c1-7-14-15-12(22-7)13-9(19)6-17(2)11(20)8-5-18(3)16-10(8)21-4/h5H,6H2,1-4H3,(H,13,15,19). The van der Waals surface area contributed by atoms with Crippen LogP contribution < -0.4 is 10.1 Å². The van der Waals surface area contributed by atoms with E-state index in [0.29, 0.717) is 10.7 Å². The van der Waals surface area contributed by atoms with Crippen molar-refractivity contribution in [3.05, 3.63) is 16.8 Å². The summed E-state index contributed by atoms with van der Waals surface area (Å²) in [6.07, 6.45) is 1.55. The summed E-state index contributed by atoms with van der Waals surface area (Å²) in [5.74, 6) is -0.483. The van der Waals surface area contributed by atoms with Crippen LogP contribution in [0.4, 0.5) is 5.13 Å². The van der Waals surface area contributed by atoms with Crippen molar-refractivity contribution in [2.24, 2.45) is 7.05 Å².